The summed E-state index contributed by atoms with van der Waals surface area (Å²) in [5.41, 5.74) is 1.07. The maximum absolute atomic E-state index is 13.5. The van der Waals surface area contributed by atoms with Crippen LogP contribution in [0.4, 0.5) is 15.8 Å². The minimum atomic E-state index is -3.54. The molecule has 2 aromatic rings. The summed E-state index contributed by atoms with van der Waals surface area (Å²) in [6.45, 7) is 0.469. The zero-order valence-electron chi connectivity index (χ0n) is 11.1. The highest BCUT2D eigenvalue weighted by Crippen LogP contribution is 2.22. The topological polar surface area (TPSA) is 82.0 Å². The van der Waals surface area contributed by atoms with E-state index >= 15 is 0 Å². The average molecular weight is 325 g/mol. The Hall–Kier alpha value is -2.11. The molecule has 0 bridgehead atoms. The largest absolute Gasteiger partial charge is 0.380 e. The summed E-state index contributed by atoms with van der Waals surface area (Å²) in [4.78, 5) is 0.952. The zero-order chi connectivity index (χ0) is 15.5. The van der Waals surface area contributed by atoms with Gasteiger partial charge < -0.3 is 5.32 Å². The molecule has 0 aliphatic heterocycles. The molecule has 0 fully saturated rings. The van der Waals surface area contributed by atoms with E-state index in [1.54, 1.807) is 11.4 Å². The fourth-order valence-corrected chi connectivity index (χ4v) is 2.94. The molecule has 1 heterocycles. The van der Waals surface area contributed by atoms with Gasteiger partial charge in [-0.1, -0.05) is 0 Å². The lowest BCUT2D eigenvalue weighted by molar-refractivity contribution is 0.604. The maximum atomic E-state index is 13.5. The molecule has 110 valence electrons. The molecule has 2 N–H and O–H groups in total. The molecule has 1 aromatic heterocycles. The van der Waals surface area contributed by atoms with Crippen LogP contribution in [0.25, 0.3) is 0 Å². The highest BCUT2D eigenvalue weighted by atomic mass is 32.2. The Bertz CT molecular complexity index is 794. The first kappa shape index (κ1) is 15.3. The van der Waals surface area contributed by atoms with Crippen LogP contribution in [0.1, 0.15) is 10.4 Å². The lowest BCUT2D eigenvalue weighted by Gasteiger charge is -2.09. The maximum Gasteiger partial charge on any atom is 0.229 e. The lowest BCUT2D eigenvalue weighted by Crippen LogP contribution is -2.11. The SMILES string of the molecule is CS(=O)(=O)Nc1cc(NCc2cc(C#N)cs2)ccc1F. The van der Waals surface area contributed by atoms with Gasteiger partial charge in [-0.15, -0.1) is 11.3 Å². The first-order valence-corrected chi connectivity index (χ1v) is 8.63. The van der Waals surface area contributed by atoms with Crippen molar-refractivity contribution in [2.45, 2.75) is 6.54 Å². The summed E-state index contributed by atoms with van der Waals surface area (Å²) in [5.74, 6) is -0.645. The van der Waals surface area contributed by atoms with Gasteiger partial charge >= 0.3 is 0 Å². The van der Waals surface area contributed by atoms with Gasteiger partial charge in [0.25, 0.3) is 0 Å². The van der Waals surface area contributed by atoms with Crippen molar-refractivity contribution in [3.8, 4) is 6.07 Å². The Morgan fingerprint density at radius 1 is 1.38 bits per heavy atom. The van der Waals surface area contributed by atoms with Gasteiger partial charge in [-0.2, -0.15) is 5.26 Å². The Morgan fingerprint density at radius 3 is 2.76 bits per heavy atom. The molecule has 0 saturated heterocycles. The van der Waals surface area contributed by atoms with Crippen molar-refractivity contribution in [2.24, 2.45) is 0 Å². The zero-order valence-corrected chi connectivity index (χ0v) is 12.7. The van der Waals surface area contributed by atoms with E-state index in [0.717, 1.165) is 11.1 Å². The van der Waals surface area contributed by atoms with Gasteiger partial charge in [0.2, 0.25) is 10.0 Å². The van der Waals surface area contributed by atoms with Gasteiger partial charge in [-0.05, 0) is 24.3 Å². The molecule has 0 aliphatic rings. The summed E-state index contributed by atoms with van der Waals surface area (Å²) in [6, 6.07) is 7.89. The molecular formula is C13H12FN3O2S2. The van der Waals surface area contributed by atoms with E-state index in [1.165, 1.54) is 29.5 Å². The number of sulfonamides is 1. The van der Waals surface area contributed by atoms with Gasteiger partial charge in [-0.3, -0.25) is 4.72 Å². The molecule has 5 nitrogen and oxygen atoms in total. The second kappa shape index (κ2) is 6.11. The smallest absolute Gasteiger partial charge is 0.229 e. The first-order chi connectivity index (χ1) is 9.87. The minimum absolute atomic E-state index is 0.105. The summed E-state index contributed by atoms with van der Waals surface area (Å²) in [5, 5.41) is 13.5. The number of hydrogen-bond donors (Lipinski definition) is 2. The molecule has 0 aliphatic carbocycles. The van der Waals surface area contributed by atoms with Crippen LogP contribution in [0, 0.1) is 17.1 Å². The van der Waals surface area contributed by atoms with Crippen molar-refractivity contribution < 1.29 is 12.8 Å². The molecule has 21 heavy (non-hydrogen) atoms. The molecule has 2 rings (SSSR count). The fraction of sp³-hybridized carbons (Fsp3) is 0.154. The molecule has 0 atom stereocenters. The number of nitrogens with one attached hydrogen (secondary N) is 2. The summed E-state index contributed by atoms with van der Waals surface area (Å²) >= 11 is 1.44. The standard InChI is InChI=1S/C13H12FN3O2S2/c1-21(18,19)17-13-5-10(2-3-12(13)14)16-7-11-4-9(6-15)8-20-11/h2-5,8,16-17H,7H2,1H3. The first-order valence-electron chi connectivity index (χ1n) is 5.86. The van der Waals surface area contributed by atoms with Crippen LogP contribution in [0.5, 0.6) is 0 Å². The quantitative estimate of drug-likeness (QED) is 0.885. The second-order valence-corrected chi connectivity index (χ2v) is 7.08. The minimum Gasteiger partial charge on any atom is -0.380 e. The van der Waals surface area contributed by atoms with Crippen molar-refractivity contribution in [1.29, 1.82) is 5.26 Å². The number of anilines is 2. The van der Waals surface area contributed by atoms with Crippen LogP contribution in [0.15, 0.2) is 29.6 Å². The van der Waals surface area contributed by atoms with Crippen molar-refractivity contribution in [1.82, 2.24) is 0 Å². The van der Waals surface area contributed by atoms with E-state index in [0.29, 0.717) is 17.8 Å². The van der Waals surface area contributed by atoms with Gasteiger partial charge in [0.15, 0.2) is 0 Å². The number of thiophene rings is 1. The number of nitriles is 1. The number of nitrogens with zero attached hydrogens (tertiary/aromatic N) is 1. The van der Waals surface area contributed by atoms with E-state index in [4.69, 9.17) is 5.26 Å². The van der Waals surface area contributed by atoms with Crippen LogP contribution < -0.4 is 10.0 Å². The van der Waals surface area contributed by atoms with Crippen LogP contribution in [0.3, 0.4) is 0 Å². The molecule has 0 radical (unpaired) electrons. The van der Waals surface area contributed by atoms with Gasteiger partial charge in [-0.25, -0.2) is 12.8 Å². The van der Waals surface area contributed by atoms with Crippen molar-refractivity contribution in [3.05, 3.63) is 45.9 Å². The van der Waals surface area contributed by atoms with Gasteiger partial charge in [0, 0.05) is 22.5 Å². The Balaban J connectivity index is 2.10. The van der Waals surface area contributed by atoms with Crippen molar-refractivity contribution in [3.63, 3.8) is 0 Å². The predicted molar refractivity (Wildman–Crippen MR) is 81.2 cm³/mol. The third kappa shape index (κ3) is 4.44. The van der Waals surface area contributed by atoms with Gasteiger partial charge in [0.1, 0.15) is 11.9 Å². The fourth-order valence-electron chi connectivity index (χ4n) is 1.63. The van der Waals surface area contributed by atoms with Crippen LogP contribution in [-0.4, -0.2) is 14.7 Å². The summed E-state index contributed by atoms with van der Waals surface area (Å²) in [6.07, 6.45) is 0.960. The van der Waals surface area contributed by atoms with E-state index < -0.39 is 15.8 Å². The molecule has 8 heteroatoms. The molecule has 0 amide bonds. The van der Waals surface area contributed by atoms with Gasteiger partial charge in [0.05, 0.1) is 17.5 Å². The van der Waals surface area contributed by atoms with Crippen LogP contribution in [-0.2, 0) is 16.6 Å². The number of rotatable bonds is 5. The third-order valence-electron chi connectivity index (χ3n) is 2.51. The van der Waals surface area contributed by atoms with E-state index in [2.05, 4.69) is 10.0 Å². The van der Waals surface area contributed by atoms with Crippen LogP contribution >= 0.6 is 11.3 Å². The number of benzene rings is 1. The van der Waals surface area contributed by atoms with Crippen molar-refractivity contribution >= 4 is 32.7 Å². The number of halogens is 1. The Kier molecular flexibility index (Phi) is 4.45. The summed E-state index contributed by atoms with van der Waals surface area (Å²) in [7, 11) is -3.54. The highest BCUT2D eigenvalue weighted by Gasteiger charge is 2.08. The molecular weight excluding hydrogens is 313 g/mol. The van der Waals surface area contributed by atoms with Crippen LogP contribution in [0.2, 0.25) is 0 Å². The van der Waals surface area contributed by atoms with E-state index in [9.17, 15) is 12.8 Å². The summed E-state index contributed by atoms with van der Waals surface area (Å²) < 4.78 is 37.9. The highest BCUT2D eigenvalue weighted by molar-refractivity contribution is 7.92. The Morgan fingerprint density at radius 2 is 2.14 bits per heavy atom. The van der Waals surface area contributed by atoms with E-state index in [-0.39, 0.29) is 5.69 Å². The van der Waals surface area contributed by atoms with Crippen molar-refractivity contribution in [2.75, 3.05) is 16.3 Å². The van der Waals surface area contributed by atoms with E-state index in [1.807, 2.05) is 6.07 Å². The Labute approximate surface area is 126 Å². The normalized spacial score (nSPS) is 10.9. The average Bonchev–Trinajstić information content (AvgIpc) is 2.86. The molecule has 0 unspecified atom stereocenters. The lowest BCUT2D eigenvalue weighted by atomic mass is 10.2. The molecule has 0 spiro atoms. The molecule has 1 aromatic carbocycles. The monoisotopic (exact) mass is 325 g/mol. The predicted octanol–water partition coefficient (Wildman–Crippen LogP) is 2.74. The second-order valence-electron chi connectivity index (χ2n) is 4.34. The third-order valence-corrected chi connectivity index (χ3v) is 4.04. The molecule has 0 saturated carbocycles. The number of hydrogen-bond acceptors (Lipinski definition) is 5.